The summed E-state index contributed by atoms with van der Waals surface area (Å²) in [6.45, 7) is 6.21. The second-order valence-electron chi connectivity index (χ2n) is 5.45. The van der Waals surface area contributed by atoms with E-state index in [-0.39, 0.29) is 23.9 Å². The van der Waals surface area contributed by atoms with Crippen molar-refractivity contribution in [2.24, 2.45) is 0 Å². The number of hydrogen-bond acceptors (Lipinski definition) is 3. The summed E-state index contributed by atoms with van der Waals surface area (Å²) in [4.78, 5) is 25.6. The van der Waals surface area contributed by atoms with Crippen molar-refractivity contribution in [1.82, 2.24) is 15.5 Å². The van der Waals surface area contributed by atoms with Gasteiger partial charge in [0.1, 0.15) is 0 Å². The first-order chi connectivity index (χ1) is 8.95. The second-order valence-corrected chi connectivity index (χ2v) is 5.45. The molecule has 2 unspecified atom stereocenters. The third-order valence-corrected chi connectivity index (χ3v) is 3.82. The minimum atomic E-state index is -0.343. The van der Waals surface area contributed by atoms with Crippen LogP contribution in [-0.4, -0.2) is 48.4 Å². The molecule has 1 aliphatic rings. The van der Waals surface area contributed by atoms with Gasteiger partial charge in [-0.25, -0.2) is 0 Å². The van der Waals surface area contributed by atoms with Gasteiger partial charge in [-0.2, -0.15) is 0 Å². The van der Waals surface area contributed by atoms with Gasteiger partial charge in [0.05, 0.1) is 12.1 Å². The highest BCUT2D eigenvalue weighted by atomic mass is 16.2. The van der Waals surface area contributed by atoms with Crippen LogP contribution in [0.5, 0.6) is 0 Å². The van der Waals surface area contributed by atoms with Crippen LogP contribution in [0, 0.1) is 0 Å². The monoisotopic (exact) mass is 269 g/mol. The van der Waals surface area contributed by atoms with Gasteiger partial charge in [0.15, 0.2) is 0 Å². The lowest BCUT2D eigenvalue weighted by atomic mass is 10.2. The Balaban J connectivity index is 2.37. The Bertz CT molecular complexity index is 314. The summed E-state index contributed by atoms with van der Waals surface area (Å²) in [6.07, 6.45) is 4.54. The standard InChI is InChI=1S/C14H27N3O2/c1-5-17(4)14(19)11(3)15-10(2)13(18)16-12-8-6-7-9-12/h10-12,15H,5-9H2,1-4H3,(H,16,18). The van der Waals surface area contributed by atoms with Crippen molar-refractivity contribution in [3.8, 4) is 0 Å². The van der Waals surface area contributed by atoms with Crippen molar-refractivity contribution in [3.05, 3.63) is 0 Å². The molecule has 0 aliphatic heterocycles. The number of rotatable bonds is 6. The Morgan fingerprint density at radius 2 is 1.79 bits per heavy atom. The summed E-state index contributed by atoms with van der Waals surface area (Å²) in [5, 5.41) is 6.11. The average Bonchev–Trinajstić information content (AvgIpc) is 2.89. The van der Waals surface area contributed by atoms with Gasteiger partial charge in [0.2, 0.25) is 11.8 Å². The second kappa shape index (κ2) is 7.48. The van der Waals surface area contributed by atoms with Crippen LogP contribution in [0.4, 0.5) is 0 Å². The summed E-state index contributed by atoms with van der Waals surface area (Å²) < 4.78 is 0. The van der Waals surface area contributed by atoms with Crippen LogP contribution >= 0.6 is 0 Å². The van der Waals surface area contributed by atoms with Crippen molar-refractivity contribution in [3.63, 3.8) is 0 Å². The van der Waals surface area contributed by atoms with E-state index in [1.165, 1.54) is 12.8 Å². The number of carbonyl (C=O) groups is 2. The van der Waals surface area contributed by atoms with Crippen molar-refractivity contribution in [2.45, 2.75) is 64.6 Å². The number of nitrogens with one attached hydrogen (secondary N) is 2. The van der Waals surface area contributed by atoms with E-state index in [1.54, 1.807) is 25.8 Å². The molecule has 0 heterocycles. The molecular formula is C14H27N3O2. The molecule has 0 radical (unpaired) electrons. The molecule has 2 N–H and O–H groups in total. The summed E-state index contributed by atoms with van der Waals surface area (Å²) in [6, 6.07) is -0.361. The van der Waals surface area contributed by atoms with E-state index in [1.807, 2.05) is 6.92 Å². The zero-order valence-corrected chi connectivity index (χ0v) is 12.5. The zero-order valence-electron chi connectivity index (χ0n) is 12.5. The maximum absolute atomic E-state index is 12.0. The minimum absolute atomic E-state index is 0.00861. The molecule has 0 aromatic carbocycles. The van der Waals surface area contributed by atoms with Crippen LogP contribution in [0.1, 0.15) is 46.5 Å². The van der Waals surface area contributed by atoms with Crippen LogP contribution in [0.25, 0.3) is 0 Å². The number of likely N-dealkylation sites (N-methyl/N-ethyl adjacent to an activating group) is 1. The lowest BCUT2D eigenvalue weighted by Gasteiger charge is -2.24. The lowest BCUT2D eigenvalue weighted by molar-refractivity contribution is -0.132. The topological polar surface area (TPSA) is 61.4 Å². The molecule has 2 amide bonds. The molecule has 1 saturated carbocycles. The first-order valence-electron chi connectivity index (χ1n) is 7.27. The summed E-state index contributed by atoms with van der Waals surface area (Å²) >= 11 is 0. The normalized spacial score (nSPS) is 18.9. The number of hydrogen-bond donors (Lipinski definition) is 2. The van der Waals surface area contributed by atoms with Gasteiger partial charge in [-0.15, -0.1) is 0 Å². The molecule has 110 valence electrons. The number of nitrogens with zero attached hydrogens (tertiary/aromatic N) is 1. The molecule has 1 rings (SSSR count). The highest BCUT2D eigenvalue weighted by Crippen LogP contribution is 2.17. The minimum Gasteiger partial charge on any atom is -0.352 e. The predicted molar refractivity (Wildman–Crippen MR) is 75.8 cm³/mol. The van der Waals surface area contributed by atoms with E-state index in [4.69, 9.17) is 0 Å². The van der Waals surface area contributed by atoms with Crippen LogP contribution in [0.2, 0.25) is 0 Å². The van der Waals surface area contributed by atoms with Gasteiger partial charge in [0, 0.05) is 19.6 Å². The van der Waals surface area contributed by atoms with E-state index in [9.17, 15) is 9.59 Å². The van der Waals surface area contributed by atoms with Gasteiger partial charge < -0.3 is 10.2 Å². The first kappa shape index (κ1) is 16.0. The highest BCUT2D eigenvalue weighted by molar-refractivity contribution is 5.84. The number of carbonyl (C=O) groups excluding carboxylic acids is 2. The molecule has 0 bridgehead atoms. The Morgan fingerprint density at radius 1 is 1.21 bits per heavy atom. The molecular weight excluding hydrogens is 242 g/mol. The molecule has 0 aromatic heterocycles. The van der Waals surface area contributed by atoms with Crippen LogP contribution in [0.3, 0.4) is 0 Å². The zero-order chi connectivity index (χ0) is 14.4. The van der Waals surface area contributed by atoms with Gasteiger partial charge in [-0.1, -0.05) is 12.8 Å². The van der Waals surface area contributed by atoms with E-state index < -0.39 is 0 Å². The van der Waals surface area contributed by atoms with E-state index in [0.29, 0.717) is 12.6 Å². The third-order valence-electron chi connectivity index (χ3n) is 3.82. The van der Waals surface area contributed by atoms with Crippen LogP contribution < -0.4 is 10.6 Å². The maximum Gasteiger partial charge on any atom is 0.239 e. The Morgan fingerprint density at radius 3 is 2.32 bits per heavy atom. The van der Waals surface area contributed by atoms with Crippen LogP contribution in [-0.2, 0) is 9.59 Å². The average molecular weight is 269 g/mol. The Labute approximate surface area is 116 Å². The molecule has 1 aliphatic carbocycles. The Hall–Kier alpha value is -1.10. The first-order valence-corrected chi connectivity index (χ1v) is 7.27. The molecule has 0 saturated heterocycles. The van der Waals surface area contributed by atoms with Crippen LogP contribution in [0.15, 0.2) is 0 Å². The highest BCUT2D eigenvalue weighted by Gasteiger charge is 2.24. The van der Waals surface area contributed by atoms with E-state index >= 15 is 0 Å². The molecule has 0 aromatic rings. The van der Waals surface area contributed by atoms with Gasteiger partial charge in [-0.3, -0.25) is 14.9 Å². The summed E-state index contributed by atoms with van der Waals surface area (Å²) in [5.74, 6) is 0.00807. The van der Waals surface area contributed by atoms with Crippen molar-refractivity contribution in [1.29, 1.82) is 0 Å². The van der Waals surface area contributed by atoms with Crippen molar-refractivity contribution in [2.75, 3.05) is 13.6 Å². The van der Waals surface area contributed by atoms with Gasteiger partial charge in [-0.05, 0) is 33.6 Å². The number of amides is 2. The lowest BCUT2D eigenvalue weighted by Crippen LogP contribution is -2.52. The summed E-state index contributed by atoms with van der Waals surface area (Å²) in [5.41, 5.74) is 0. The molecule has 5 nitrogen and oxygen atoms in total. The van der Waals surface area contributed by atoms with Crippen molar-refractivity contribution >= 4 is 11.8 Å². The largest absolute Gasteiger partial charge is 0.352 e. The quantitative estimate of drug-likeness (QED) is 0.753. The van der Waals surface area contributed by atoms with Crippen molar-refractivity contribution < 1.29 is 9.59 Å². The third kappa shape index (κ3) is 4.82. The molecule has 19 heavy (non-hydrogen) atoms. The van der Waals surface area contributed by atoms with E-state index in [2.05, 4.69) is 10.6 Å². The maximum atomic E-state index is 12.0. The Kier molecular flexibility index (Phi) is 6.28. The fraction of sp³-hybridized carbons (Fsp3) is 0.857. The molecule has 0 spiro atoms. The fourth-order valence-electron chi connectivity index (χ4n) is 2.40. The summed E-state index contributed by atoms with van der Waals surface area (Å²) in [7, 11) is 1.77. The smallest absolute Gasteiger partial charge is 0.239 e. The fourth-order valence-corrected chi connectivity index (χ4v) is 2.40. The predicted octanol–water partition coefficient (Wildman–Crippen LogP) is 0.890. The van der Waals surface area contributed by atoms with E-state index in [0.717, 1.165) is 12.8 Å². The van der Waals surface area contributed by atoms with Gasteiger partial charge >= 0.3 is 0 Å². The molecule has 1 fully saturated rings. The molecule has 5 heteroatoms. The van der Waals surface area contributed by atoms with Gasteiger partial charge in [0.25, 0.3) is 0 Å². The molecule has 2 atom stereocenters. The SMILES string of the molecule is CCN(C)C(=O)C(C)NC(C)C(=O)NC1CCCC1.